The van der Waals surface area contributed by atoms with Crippen molar-refractivity contribution in [3.8, 4) is 0 Å². The molecule has 0 aliphatic rings. The van der Waals surface area contributed by atoms with Gasteiger partial charge in [-0.05, 0) is 20.3 Å². The number of ether oxygens (including phenoxy) is 3. The van der Waals surface area contributed by atoms with E-state index < -0.39 is 0 Å². The molecule has 0 fully saturated rings. The van der Waals surface area contributed by atoms with Crippen LogP contribution in [0.25, 0.3) is 0 Å². The van der Waals surface area contributed by atoms with Crippen LogP contribution in [0.5, 0.6) is 0 Å². The maximum Gasteiger partial charge on any atom is 0.302 e. The summed E-state index contributed by atoms with van der Waals surface area (Å²) >= 11 is 0. The molecule has 118 valence electrons. The summed E-state index contributed by atoms with van der Waals surface area (Å²) in [6.07, 6.45) is 0.902. The van der Waals surface area contributed by atoms with Crippen molar-refractivity contribution in [3.05, 3.63) is 0 Å². The van der Waals surface area contributed by atoms with Crippen LogP contribution in [0.2, 0.25) is 0 Å². The van der Waals surface area contributed by atoms with Crippen molar-refractivity contribution < 1.29 is 29.2 Å². The van der Waals surface area contributed by atoms with Crippen molar-refractivity contribution in [2.75, 3.05) is 46.2 Å². The second-order valence-electron chi connectivity index (χ2n) is 3.18. The molecule has 6 heteroatoms. The van der Waals surface area contributed by atoms with Gasteiger partial charge in [-0.3, -0.25) is 4.79 Å². The van der Waals surface area contributed by atoms with E-state index in [1.54, 1.807) is 0 Å². The van der Waals surface area contributed by atoms with E-state index in [0.717, 1.165) is 19.6 Å². The summed E-state index contributed by atoms with van der Waals surface area (Å²) in [5, 5.41) is 16.2. The van der Waals surface area contributed by atoms with Crippen molar-refractivity contribution in [2.45, 2.75) is 34.1 Å². The van der Waals surface area contributed by atoms with E-state index in [1.165, 1.54) is 6.92 Å². The monoisotopic (exact) mass is 282 g/mol. The van der Waals surface area contributed by atoms with Gasteiger partial charge in [0.25, 0.3) is 0 Å². The average Bonchev–Trinajstić information content (AvgIpc) is 2.39. The number of esters is 1. The largest absolute Gasteiger partial charge is 0.466 e. The molecule has 19 heavy (non-hydrogen) atoms. The highest BCUT2D eigenvalue weighted by molar-refractivity contribution is 5.65. The molecular weight excluding hydrogens is 252 g/mol. The van der Waals surface area contributed by atoms with Gasteiger partial charge in [0.1, 0.15) is 0 Å². The maximum atomic E-state index is 9.98. The van der Waals surface area contributed by atoms with Gasteiger partial charge in [0.15, 0.2) is 0 Å². The Bertz CT molecular complexity index is 146. The van der Waals surface area contributed by atoms with E-state index in [1.807, 2.05) is 20.8 Å². The van der Waals surface area contributed by atoms with Gasteiger partial charge in [-0.15, -0.1) is 0 Å². The normalized spacial score (nSPS) is 8.74. The zero-order chi connectivity index (χ0) is 15.4. The van der Waals surface area contributed by atoms with E-state index in [9.17, 15) is 4.79 Å². The van der Waals surface area contributed by atoms with Gasteiger partial charge >= 0.3 is 5.97 Å². The molecule has 0 atom stereocenters. The van der Waals surface area contributed by atoms with Crippen LogP contribution in [0.4, 0.5) is 0 Å². The highest BCUT2D eigenvalue weighted by Crippen LogP contribution is 1.78. The summed E-state index contributed by atoms with van der Waals surface area (Å²) in [4.78, 5) is 9.98. The molecule has 0 spiro atoms. The Morgan fingerprint density at radius 1 is 0.895 bits per heavy atom. The van der Waals surface area contributed by atoms with Crippen molar-refractivity contribution in [2.24, 2.45) is 0 Å². The molecule has 0 radical (unpaired) electrons. The summed E-state index contributed by atoms with van der Waals surface area (Å²) < 4.78 is 14.0. The first kappa shape index (κ1) is 23.4. The van der Waals surface area contributed by atoms with Gasteiger partial charge in [0.2, 0.25) is 0 Å². The summed E-state index contributed by atoms with van der Waals surface area (Å²) in [6, 6.07) is 0. The molecule has 0 aromatic heterocycles. The smallest absolute Gasteiger partial charge is 0.302 e. The number of carbonyl (C=O) groups is 1. The van der Waals surface area contributed by atoms with Gasteiger partial charge in [-0.25, -0.2) is 0 Å². The quantitative estimate of drug-likeness (QED) is 0.510. The SMILES string of the molecule is CCCOC(C)=O.CCOCC.OCCOCCO. The van der Waals surface area contributed by atoms with Gasteiger partial charge in [0.05, 0.1) is 33.0 Å². The lowest BCUT2D eigenvalue weighted by Gasteiger charge is -1.94. The minimum atomic E-state index is -0.193. The molecule has 0 saturated heterocycles. The van der Waals surface area contributed by atoms with Gasteiger partial charge in [-0.1, -0.05) is 6.92 Å². The zero-order valence-electron chi connectivity index (χ0n) is 12.7. The van der Waals surface area contributed by atoms with Crippen LogP contribution in [0.15, 0.2) is 0 Å². The van der Waals surface area contributed by atoms with Gasteiger partial charge < -0.3 is 24.4 Å². The number of rotatable bonds is 8. The second-order valence-corrected chi connectivity index (χ2v) is 3.18. The summed E-state index contributed by atoms with van der Waals surface area (Å²) in [6.45, 7) is 10.3. The van der Waals surface area contributed by atoms with E-state index in [0.29, 0.717) is 19.8 Å². The van der Waals surface area contributed by atoms with Crippen LogP contribution in [-0.4, -0.2) is 62.4 Å². The molecule has 0 bridgehead atoms. The zero-order valence-corrected chi connectivity index (χ0v) is 12.7. The minimum absolute atomic E-state index is 0.0278. The molecule has 0 aliphatic carbocycles. The van der Waals surface area contributed by atoms with Crippen LogP contribution in [-0.2, 0) is 19.0 Å². The third kappa shape index (κ3) is 46.8. The Hall–Kier alpha value is -0.690. The lowest BCUT2D eigenvalue weighted by Crippen LogP contribution is -2.03. The van der Waals surface area contributed by atoms with E-state index in [2.05, 4.69) is 9.47 Å². The second kappa shape index (κ2) is 26.0. The molecule has 2 N–H and O–H groups in total. The molecule has 0 aromatic rings. The van der Waals surface area contributed by atoms with Crippen molar-refractivity contribution in [1.82, 2.24) is 0 Å². The number of hydrogen-bond acceptors (Lipinski definition) is 6. The number of aliphatic hydroxyl groups excluding tert-OH is 2. The first-order valence-electron chi connectivity index (χ1n) is 6.61. The van der Waals surface area contributed by atoms with Crippen LogP contribution in [0, 0.1) is 0 Å². The Balaban J connectivity index is -0.000000206. The molecule has 6 nitrogen and oxygen atoms in total. The Morgan fingerprint density at radius 3 is 1.53 bits per heavy atom. The topological polar surface area (TPSA) is 85.2 Å². The highest BCUT2D eigenvalue weighted by Gasteiger charge is 1.85. The lowest BCUT2D eigenvalue weighted by molar-refractivity contribution is -0.140. The number of carbonyl (C=O) groups excluding carboxylic acids is 1. The van der Waals surface area contributed by atoms with Gasteiger partial charge in [-0.2, -0.15) is 0 Å². The first-order chi connectivity index (χ1) is 9.10. The summed E-state index contributed by atoms with van der Waals surface area (Å²) in [5.41, 5.74) is 0. The lowest BCUT2D eigenvalue weighted by atomic mass is 10.5. The minimum Gasteiger partial charge on any atom is -0.466 e. The predicted octanol–water partition coefficient (Wildman–Crippen LogP) is 0.990. The third-order valence-corrected chi connectivity index (χ3v) is 1.39. The van der Waals surface area contributed by atoms with Crippen molar-refractivity contribution >= 4 is 5.97 Å². The molecular formula is C13H30O6. The standard InChI is InChI=1S/C5H10O2.C4H10O3.C4H10O/c1-3-4-7-5(2)6;5-1-3-7-4-2-6;1-3-5-4-2/h3-4H2,1-2H3;5-6H,1-4H2;3-4H2,1-2H3. The van der Waals surface area contributed by atoms with E-state index in [4.69, 9.17) is 14.9 Å². The molecule has 0 rings (SSSR count). The average molecular weight is 282 g/mol. The predicted molar refractivity (Wildman–Crippen MR) is 74.1 cm³/mol. The fourth-order valence-corrected chi connectivity index (χ4v) is 0.681. The molecule has 0 amide bonds. The number of hydrogen-bond donors (Lipinski definition) is 2. The fourth-order valence-electron chi connectivity index (χ4n) is 0.681. The number of aliphatic hydroxyl groups is 2. The van der Waals surface area contributed by atoms with E-state index in [-0.39, 0.29) is 19.2 Å². The molecule has 0 aromatic carbocycles. The van der Waals surface area contributed by atoms with Crippen LogP contribution in [0.3, 0.4) is 0 Å². The molecule has 0 unspecified atom stereocenters. The maximum absolute atomic E-state index is 9.98. The van der Waals surface area contributed by atoms with Crippen LogP contribution >= 0.6 is 0 Å². The van der Waals surface area contributed by atoms with Crippen LogP contribution < -0.4 is 0 Å². The fraction of sp³-hybridized carbons (Fsp3) is 0.923. The first-order valence-corrected chi connectivity index (χ1v) is 6.61. The molecule has 0 aliphatic heterocycles. The Kier molecular flexibility index (Phi) is 32.0. The van der Waals surface area contributed by atoms with Crippen molar-refractivity contribution in [3.63, 3.8) is 0 Å². The highest BCUT2D eigenvalue weighted by atomic mass is 16.5. The Labute approximate surface area is 116 Å². The Morgan fingerprint density at radius 2 is 1.37 bits per heavy atom. The third-order valence-electron chi connectivity index (χ3n) is 1.39. The molecule has 0 saturated carbocycles. The van der Waals surface area contributed by atoms with Crippen LogP contribution in [0.1, 0.15) is 34.1 Å². The summed E-state index contributed by atoms with van der Waals surface area (Å²) in [5.74, 6) is -0.193. The van der Waals surface area contributed by atoms with Gasteiger partial charge in [0, 0.05) is 20.1 Å². The van der Waals surface area contributed by atoms with E-state index >= 15 is 0 Å². The van der Waals surface area contributed by atoms with Crippen molar-refractivity contribution in [1.29, 1.82) is 0 Å². The summed E-state index contributed by atoms with van der Waals surface area (Å²) in [7, 11) is 0. The molecule has 0 heterocycles.